The van der Waals surface area contributed by atoms with Gasteiger partial charge >= 0.3 is 0 Å². The number of carbonyl (C=O) groups excluding carboxylic acids is 1. The van der Waals surface area contributed by atoms with E-state index in [1.54, 1.807) is 18.4 Å². The summed E-state index contributed by atoms with van der Waals surface area (Å²) in [5.74, 6) is 1.08. The molecule has 0 atom stereocenters. The molecule has 8 heteroatoms. The summed E-state index contributed by atoms with van der Waals surface area (Å²) < 4.78 is 0. The summed E-state index contributed by atoms with van der Waals surface area (Å²) >= 11 is 1.75. The monoisotopic (exact) mass is 555 g/mol. The molecule has 0 saturated heterocycles. The average Bonchev–Trinajstić information content (AvgIpc) is 3.08. The number of aromatic nitrogens is 1. The number of aryl methyl sites for hydroxylation is 2. The molecule has 0 unspecified atom stereocenters. The molecule has 1 aromatic heterocycles. The second kappa shape index (κ2) is 13.0. The summed E-state index contributed by atoms with van der Waals surface area (Å²) in [5.41, 5.74) is 3.08. The number of rotatable bonds is 7. The van der Waals surface area contributed by atoms with Crippen molar-refractivity contribution >= 4 is 52.9 Å². The van der Waals surface area contributed by atoms with E-state index in [-0.39, 0.29) is 35.8 Å². The van der Waals surface area contributed by atoms with Crippen LogP contribution in [0.3, 0.4) is 0 Å². The molecule has 0 spiro atoms. The van der Waals surface area contributed by atoms with Crippen molar-refractivity contribution in [2.45, 2.75) is 58.9 Å². The maximum atomic E-state index is 12.5. The molecular weight excluding hydrogens is 521 g/mol. The van der Waals surface area contributed by atoms with Crippen LogP contribution >= 0.6 is 35.3 Å². The van der Waals surface area contributed by atoms with Crippen molar-refractivity contribution in [1.29, 1.82) is 0 Å². The molecule has 1 aliphatic rings. The van der Waals surface area contributed by atoms with Crippen molar-refractivity contribution in [1.82, 2.24) is 15.6 Å². The van der Waals surface area contributed by atoms with Gasteiger partial charge in [-0.2, -0.15) is 0 Å². The minimum absolute atomic E-state index is 0. The van der Waals surface area contributed by atoms with Gasteiger partial charge in [-0.15, -0.1) is 35.3 Å². The highest BCUT2D eigenvalue weighted by atomic mass is 127. The zero-order chi connectivity index (χ0) is 21.3. The van der Waals surface area contributed by atoms with E-state index in [9.17, 15) is 4.79 Å². The molecule has 1 aliphatic carbocycles. The van der Waals surface area contributed by atoms with Crippen LogP contribution in [-0.4, -0.2) is 30.4 Å². The van der Waals surface area contributed by atoms with E-state index in [0.717, 1.165) is 66.6 Å². The van der Waals surface area contributed by atoms with Crippen LogP contribution in [0.4, 0.5) is 5.69 Å². The Morgan fingerprint density at radius 2 is 1.97 bits per heavy atom. The van der Waals surface area contributed by atoms with Crippen LogP contribution in [0.15, 0.2) is 29.3 Å². The highest BCUT2D eigenvalue weighted by Gasteiger charge is 2.21. The van der Waals surface area contributed by atoms with Gasteiger partial charge in [-0.3, -0.25) is 9.79 Å². The van der Waals surface area contributed by atoms with Crippen LogP contribution in [0, 0.1) is 19.8 Å². The molecule has 31 heavy (non-hydrogen) atoms. The van der Waals surface area contributed by atoms with E-state index in [0.29, 0.717) is 6.54 Å². The lowest BCUT2D eigenvalue weighted by molar-refractivity contribution is -0.120. The van der Waals surface area contributed by atoms with Crippen LogP contribution in [0.5, 0.6) is 0 Å². The lowest BCUT2D eigenvalue weighted by Gasteiger charge is -2.21. The van der Waals surface area contributed by atoms with E-state index in [2.05, 4.69) is 45.8 Å². The Kier molecular flexibility index (Phi) is 10.7. The Hall–Kier alpha value is -1.68. The predicted molar refractivity (Wildman–Crippen MR) is 141 cm³/mol. The topological polar surface area (TPSA) is 78.4 Å². The largest absolute Gasteiger partial charge is 0.356 e. The van der Waals surface area contributed by atoms with Gasteiger partial charge in [-0.1, -0.05) is 31.4 Å². The summed E-state index contributed by atoms with van der Waals surface area (Å²) in [5, 5.41) is 10.9. The standard InChI is InChI=1S/C23H33N5OS.HI/c1-16-17(2)30-21(27-16)12-13-25-23(24-3)26-15-18-8-7-11-20(14-18)28-22(29)19-9-5-4-6-10-19;/h7-8,11,14,19H,4-6,9-10,12-13,15H2,1-3H3,(H,28,29)(H2,24,25,26);1H. The fourth-order valence-corrected chi connectivity index (χ4v) is 4.64. The highest BCUT2D eigenvalue weighted by Crippen LogP contribution is 2.25. The minimum atomic E-state index is 0. The van der Waals surface area contributed by atoms with Gasteiger partial charge in [-0.05, 0) is 44.4 Å². The third-order valence-electron chi connectivity index (χ3n) is 5.56. The van der Waals surface area contributed by atoms with Gasteiger partial charge in [0.1, 0.15) is 0 Å². The van der Waals surface area contributed by atoms with Crippen molar-refractivity contribution in [2.24, 2.45) is 10.9 Å². The third-order valence-corrected chi connectivity index (χ3v) is 6.69. The number of halogens is 1. The maximum Gasteiger partial charge on any atom is 0.227 e. The van der Waals surface area contributed by atoms with Crippen LogP contribution < -0.4 is 16.0 Å². The summed E-state index contributed by atoms with van der Waals surface area (Å²) in [4.78, 5) is 22.6. The molecule has 1 aromatic carbocycles. The summed E-state index contributed by atoms with van der Waals surface area (Å²) in [7, 11) is 1.77. The number of hydrogen-bond acceptors (Lipinski definition) is 4. The second-order valence-electron chi connectivity index (χ2n) is 7.88. The summed E-state index contributed by atoms with van der Waals surface area (Å²) in [6.45, 7) is 5.58. The van der Waals surface area contributed by atoms with Gasteiger partial charge in [0.2, 0.25) is 5.91 Å². The van der Waals surface area contributed by atoms with Crippen molar-refractivity contribution in [2.75, 3.05) is 18.9 Å². The average molecular weight is 556 g/mol. The van der Waals surface area contributed by atoms with Crippen molar-refractivity contribution < 1.29 is 4.79 Å². The number of anilines is 1. The number of nitrogens with zero attached hydrogens (tertiary/aromatic N) is 2. The number of aliphatic imine (C=N–C) groups is 1. The van der Waals surface area contributed by atoms with Gasteiger partial charge in [0, 0.05) is 43.0 Å². The van der Waals surface area contributed by atoms with Gasteiger partial charge < -0.3 is 16.0 Å². The Morgan fingerprint density at radius 1 is 1.19 bits per heavy atom. The number of hydrogen-bond donors (Lipinski definition) is 3. The van der Waals surface area contributed by atoms with Gasteiger partial charge in [0.25, 0.3) is 0 Å². The first-order valence-electron chi connectivity index (χ1n) is 10.8. The Labute approximate surface area is 206 Å². The molecule has 6 nitrogen and oxygen atoms in total. The third kappa shape index (κ3) is 8.07. The predicted octanol–water partition coefficient (Wildman–Crippen LogP) is 4.80. The maximum absolute atomic E-state index is 12.5. The number of nitrogens with one attached hydrogen (secondary N) is 3. The summed E-state index contributed by atoms with van der Waals surface area (Å²) in [6.07, 6.45) is 6.47. The molecule has 1 fully saturated rings. The first-order chi connectivity index (χ1) is 14.5. The number of thiazole rings is 1. The van der Waals surface area contributed by atoms with E-state index in [4.69, 9.17) is 0 Å². The lowest BCUT2D eigenvalue weighted by atomic mass is 9.88. The van der Waals surface area contributed by atoms with Crippen molar-refractivity contribution in [3.05, 3.63) is 45.4 Å². The highest BCUT2D eigenvalue weighted by molar-refractivity contribution is 14.0. The van der Waals surface area contributed by atoms with E-state index < -0.39 is 0 Å². The van der Waals surface area contributed by atoms with Gasteiger partial charge in [0.05, 0.1) is 10.7 Å². The number of carbonyl (C=O) groups is 1. The van der Waals surface area contributed by atoms with Crippen LogP contribution in [-0.2, 0) is 17.8 Å². The molecule has 1 heterocycles. The minimum Gasteiger partial charge on any atom is -0.356 e. The molecule has 0 radical (unpaired) electrons. The van der Waals surface area contributed by atoms with E-state index in [1.165, 1.54) is 11.3 Å². The molecule has 0 aliphatic heterocycles. The number of amides is 1. The number of benzene rings is 1. The Balaban J connectivity index is 0.00000341. The van der Waals surface area contributed by atoms with Crippen molar-refractivity contribution in [3.8, 4) is 0 Å². The Bertz CT molecular complexity index is 857. The fraction of sp³-hybridized carbons (Fsp3) is 0.522. The molecule has 3 rings (SSSR count). The smallest absolute Gasteiger partial charge is 0.227 e. The Morgan fingerprint density at radius 3 is 2.65 bits per heavy atom. The van der Waals surface area contributed by atoms with Crippen molar-refractivity contribution in [3.63, 3.8) is 0 Å². The van der Waals surface area contributed by atoms with Crippen LogP contribution in [0.1, 0.15) is 53.2 Å². The SMILES string of the molecule is CN=C(NCCc1nc(C)c(C)s1)NCc1cccc(NC(=O)C2CCCCC2)c1.I. The summed E-state index contributed by atoms with van der Waals surface area (Å²) in [6, 6.07) is 8.02. The molecular formula is C23H34IN5OS. The molecule has 3 N–H and O–H groups in total. The first kappa shape index (κ1) is 25.6. The molecule has 0 bridgehead atoms. The quantitative estimate of drug-likeness (QED) is 0.261. The molecule has 2 aromatic rings. The van der Waals surface area contributed by atoms with Gasteiger partial charge in [0.15, 0.2) is 5.96 Å². The lowest BCUT2D eigenvalue weighted by Crippen LogP contribution is -2.37. The second-order valence-corrected chi connectivity index (χ2v) is 9.16. The van der Waals surface area contributed by atoms with Crippen LogP contribution in [0.2, 0.25) is 0 Å². The van der Waals surface area contributed by atoms with Crippen LogP contribution in [0.25, 0.3) is 0 Å². The fourth-order valence-electron chi connectivity index (χ4n) is 3.71. The molecule has 1 saturated carbocycles. The molecule has 170 valence electrons. The van der Waals surface area contributed by atoms with E-state index >= 15 is 0 Å². The van der Waals surface area contributed by atoms with E-state index in [1.807, 2.05) is 18.2 Å². The number of guanidine groups is 1. The van der Waals surface area contributed by atoms with Gasteiger partial charge in [-0.25, -0.2) is 4.98 Å². The first-order valence-corrected chi connectivity index (χ1v) is 11.6. The zero-order valence-electron chi connectivity index (χ0n) is 18.7. The normalized spacial score (nSPS) is 14.6. The zero-order valence-corrected chi connectivity index (χ0v) is 21.8. The molecule has 1 amide bonds.